The van der Waals surface area contributed by atoms with E-state index in [1.807, 2.05) is 32.0 Å². The average molecular weight is 456 g/mol. The number of phenolic OH excluding ortho intramolecular Hbond substituents is 1. The van der Waals surface area contributed by atoms with Crippen molar-refractivity contribution in [3.05, 3.63) is 63.1 Å². The highest BCUT2D eigenvalue weighted by molar-refractivity contribution is 8.03. The molecule has 1 fully saturated rings. The number of thioether (sulfide) groups is 1. The number of fused-ring (bicyclic) bond motifs is 1. The van der Waals surface area contributed by atoms with Gasteiger partial charge in [0.2, 0.25) is 5.91 Å². The maximum atomic E-state index is 13.1. The Morgan fingerprint density at radius 2 is 2.13 bits per heavy atom. The van der Waals surface area contributed by atoms with E-state index in [-0.39, 0.29) is 24.0 Å². The first-order valence-electron chi connectivity index (χ1n) is 9.97. The van der Waals surface area contributed by atoms with Crippen molar-refractivity contribution < 1.29 is 14.6 Å². The minimum atomic E-state index is -0.364. The van der Waals surface area contributed by atoms with E-state index in [9.17, 15) is 15.2 Å². The van der Waals surface area contributed by atoms with E-state index in [4.69, 9.17) is 16.3 Å². The number of carbonyl (C=O) groups excluding carboxylic acids is 1. The summed E-state index contributed by atoms with van der Waals surface area (Å²) in [6.45, 7) is 4.57. The first-order valence-corrected chi connectivity index (χ1v) is 11.3. The normalized spacial score (nSPS) is 18.6. The number of aryl methyl sites for hydroxylation is 1. The number of rotatable bonds is 4. The van der Waals surface area contributed by atoms with Gasteiger partial charge in [0.05, 0.1) is 35.8 Å². The number of nitriles is 1. The second-order valence-corrected chi connectivity index (χ2v) is 8.80. The van der Waals surface area contributed by atoms with Crippen LogP contribution in [0.1, 0.15) is 30.4 Å². The van der Waals surface area contributed by atoms with Gasteiger partial charge in [-0.25, -0.2) is 0 Å². The van der Waals surface area contributed by atoms with Crippen molar-refractivity contribution in [2.24, 2.45) is 0 Å². The number of aromatic hydroxyl groups is 1. The highest BCUT2D eigenvalue weighted by Gasteiger charge is 2.38. The molecule has 31 heavy (non-hydrogen) atoms. The third kappa shape index (κ3) is 4.06. The average Bonchev–Trinajstić information content (AvgIpc) is 2.77. The minimum absolute atomic E-state index is 0.0413. The molecule has 1 N–H and O–H groups in total. The molecule has 2 aliphatic rings. The molecule has 1 amide bonds. The molecule has 1 atom stereocenters. The number of allylic oxidation sites excluding steroid dienone is 1. The molecule has 4 rings (SSSR count). The van der Waals surface area contributed by atoms with Gasteiger partial charge in [-0.3, -0.25) is 9.69 Å². The van der Waals surface area contributed by atoms with Gasteiger partial charge in [-0.1, -0.05) is 35.5 Å². The zero-order valence-corrected chi connectivity index (χ0v) is 18.8. The zero-order valence-electron chi connectivity index (χ0n) is 17.3. The standard InChI is InChI=1S/C23H22ClN3O3S/c1-3-30-21-8-15(5-7-20(21)28)17-10-22(29)27-12-26(13-31-23(27)18(17)11-25)16-6-4-14(2)19(24)9-16/h4-9,17,28H,3,10,12-13H2,1-2H3/t17-/m1/s1. The number of nitrogens with zero attached hydrogens (tertiary/aromatic N) is 3. The monoisotopic (exact) mass is 455 g/mol. The Bertz CT molecular complexity index is 1110. The Labute approximate surface area is 190 Å². The minimum Gasteiger partial charge on any atom is -0.504 e. The van der Waals surface area contributed by atoms with Crippen LogP contribution in [0, 0.1) is 18.3 Å². The molecular weight excluding hydrogens is 434 g/mol. The summed E-state index contributed by atoms with van der Waals surface area (Å²) < 4.78 is 5.48. The highest BCUT2D eigenvalue weighted by Crippen LogP contribution is 2.44. The molecular formula is C23H22ClN3O3S. The molecule has 0 aliphatic carbocycles. The van der Waals surface area contributed by atoms with Gasteiger partial charge in [0.1, 0.15) is 0 Å². The fourth-order valence-electron chi connectivity index (χ4n) is 3.81. The van der Waals surface area contributed by atoms with E-state index >= 15 is 0 Å². The number of ether oxygens (including phenoxy) is 1. The Morgan fingerprint density at radius 1 is 1.32 bits per heavy atom. The lowest BCUT2D eigenvalue weighted by Crippen LogP contribution is -2.47. The summed E-state index contributed by atoms with van der Waals surface area (Å²) in [5, 5.41) is 21.3. The summed E-state index contributed by atoms with van der Waals surface area (Å²) in [6.07, 6.45) is 0.186. The number of hydrogen-bond acceptors (Lipinski definition) is 6. The molecule has 0 unspecified atom stereocenters. The smallest absolute Gasteiger partial charge is 0.229 e. The van der Waals surface area contributed by atoms with Gasteiger partial charge in [0, 0.05) is 23.0 Å². The maximum Gasteiger partial charge on any atom is 0.229 e. The number of carbonyl (C=O) groups is 1. The molecule has 1 saturated heterocycles. The van der Waals surface area contributed by atoms with Gasteiger partial charge in [-0.15, -0.1) is 0 Å². The lowest BCUT2D eigenvalue weighted by Gasteiger charge is -2.42. The molecule has 8 heteroatoms. The Balaban J connectivity index is 1.66. The van der Waals surface area contributed by atoms with E-state index in [1.165, 1.54) is 11.8 Å². The lowest BCUT2D eigenvalue weighted by molar-refractivity contribution is -0.129. The number of benzene rings is 2. The van der Waals surface area contributed by atoms with E-state index in [0.717, 1.165) is 16.8 Å². The van der Waals surface area contributed by atoms with E-state index in [1.54, 1.807) is 23.1 Å². The van der Waals surface area contributed by atoms with Crippen LogP contribution in [-0.4, -0.2) is 35.1 Å². The van der Waals surface area contributed by atoms with Crippen LogP contribution < -0.4 is 9.64 Å². The first kappa shape index (κ1) is 21.4. The van der Waals surface area contributed by atoms with E-state index < -0.39 is 0 Å². The molecule has 6 nitrogen and oxygen atoms in total. The quantitative estimate of drug-likeness (QED) is 0.701. The molecule has 160 valence electrons. The van der Waals surface area contributed by atoms with Crippen LogP contribution in [0.25, 0.3) is 0 Å². The van der Waals surface area contributed by atoms with Gasteiger partial charge >= 0.3 is 0 Å². The summed E-state index contributed by atoms with van der Waals surface area (Å²) in [4.78, 5) is 16.8. The largest absolute Gasteiger partial charge is 0.504 e. The maximum absolute atomic E-state index is 13.1. The molecule has 0 radical (unpaired) electrons. The summed E-state index contributed by atoms with van der Waals surface area (Å²) >= 11 is 7.76. The Kier molecular flexibility index (Phi) is 6.03. The van der Waals surface area contributed by atoms with Crippen molar-refractivity contribution in [3.8, 4) is 17.6 Å². The van der Waals surface area contributed by atoms with Crippen molar-refractivity contribution in [3.63, 3.8) is 0 Å². The molecule has 2 heterocycles. The van der Waals surface area contributed by atoms with Crippen LogP contribution in [0.2, 0.25) is 5.02 Å². The van der Waals surface area contributed by atoms with Crippen LogP contribution >= 0.6 is 23.4 Å². The van der Waals surface area contributed by atoms with Gasteiger partial charge < -0.3 is 14.7 Å². The predicted octanol–water partition coefficient (Wildman–Crippen LogP) is 4.97. The second kappa shape index (κ2) is 8.74. The van der Waals surface area contributed by atoms with Crippen molar-refractivity contribution in [1.82, 2.24) is 4.90 Å². The van der Waals surface area contributed by atoms with Crippen LogP contribution in [0.5, 0.6) is 11.5 Å². The summed E-state index contributed by atoms with van der Waals surface area (Å²) in [7, 11) is 0. The predicted molar refractivity (Wildman–Crippen MR) is 122 cm³/mol. The van der Waals surface area contributed by atoms with E-state index in [0.29, 0.717) is 40.5 Å². The third-order valence-electron chi connectivity index (χ3n) is 5.50. The molecule has 0 saturated carbocycles. The molecule has 0 bridgehead atoms. The van der Waals surface area contributed by atoms with Crippen molar-refractivity contribution >= 4 is 35.0 Å². The van der Waals surface area contributed by atoms with Crippen LogP contribution in [0.15, 0.2) is 47.0 Å². The summed E-state index contributed by atoms with van der Waals surface area (Å²) in [5.41, 5.74) is 3.29. The number of hydrogen-bond donors (Lipinski definition) is 1. The van der Waals surface area contributed by atoms with Gasteiger partial charge in [0.15, 0.2) is 11.5 Å². The number of halogens is 1. The lowest BCUT2D eigenvalue weighted by atomic mass is 9.86. The number of phenols is 1. The van der Waals surface area contributed by atoms with Crippen LogP contribution in [0.4, 0.5) is 5.69 Å². The summed E-state index contributed by atoms with van der Waals surface area (Å²) in [5.74, 6) is 0.601. The highest BCUT2D eigenvalue weighted by atomic mass is 35.5. The van der Waals surface area contributed by atoms with Crippen LogP contribution in [0.3, 0.4) is 0 Å². The second-order valence-electron chi connectivity index (χ2n) is 7.46. The van der Waals surface area contributed by atoms with E-state index in [2.05, 4.69) is 11.0 Å². The SMILES string of the molecule is CCOc1cc([C@H]2CC(=O)N3CN(c4ccc(C)c(Cl)c4)CSC3=C2C#N)ccc1O. The zero-order chi connectivity index (χ0) is 22.1. The molecule has 2 aromatic rings. The van der Waals surface area contributed by atoms with Crippen molar-refractivity contribution in [1.29, 1.82) is 5.26 Å². The Hall–Kier alpha value is -2.82. The molecule has 0 aromatic heterocycles. The Morgan fingerprint density at radius 3 is 2.84 bits per heavy atom. The van der Waals surface area contributed by atoms with Gasteiger partial charge in [-0.05, 0) is 49.2 Å². The fourth-order valence-corrected chi connectivity index (χ4v) is 5.15. The summed E-state index contributed by atoms with van der Waals surface area (Å²) in [6, 6.07) is 13.2. The van der Waals surface area contributed by atoms with Crippen molar-refractivity contribution in [2.45, 2.75) is 26.2 Å². The topological polar surface area (TPSA) is 76.8 Å². The number of anilines is 1. The van der Waals surface area contributed by atoms with Crippen LogP contribution in [-0.2, 0) is 4.79 Å². The molecule has 0 spiro atoms. The molecule has 2 aliphatic heterocycles. The number of amides is 1. The fraction of sp³-hybridized carbons (Fsp3) is 0.304. The van der Waals surface area contributed by atoms with Crippen molar-refractivity contribution in [2.75, 3.05) is 24.1 Å². The van der Waals surface area contributed by atoms with Gasteiger partial charge in [0.25, 0.3) is 0 Å². The third-order valence-corrected chi connectivity index (χ3v) is 7.06. The first-order chi connectivity index (χ1) is 14.9. The molecule has 2 aromatic carbocycles. The van der Waals surface area contributed by atoms with Gasteiger partial charge in [-0.2, -0.15) is 5.26 Å².